The quantitative estimate of drug-likeness (QED) is 0.802. The second-order valence-corrected chi connectivity index (χ2v) is 5.18. The summed E-state index contributed by atoms with van der Waals surface area (Å²) in [6.45, 7) is 0.327. The number of rotatable bonds is 5. The van der Waals surface area contributed by atoms with Gasteiger partial charge in [0, 0.05) is 6.54 Å². The summed E-state index contributed by atoms with van der Waals surface area (Å²) in [5.74, 6) is -0.498. The first kappa shape index (κ1) is 14.6. The average Bonchev–Trinajstić information content (AvgIpc) is 2.36. The fourth-order valence-electron chi connectivity index (χ4n) is 1.97. The number of benzene rings is 1. The maximum absolute atomic E-state index is 11.3. The van der Waals surface area contributed by atoms with E-state index in [1.54, 1.807) is 24.1 Å². The van der Waals surface area contributed by atoms with E-state index in [2.05, 4.69) is 5.32 Å². The minimum absolute atomic E-state index is 0.0119. The number of nitrogens with zero attached hydrogens (tertiary/aromatic N) is 1. The number of carbonyl (C=O) groups excluding carboxylic acids is 1. The summed E-state index contributed by atoms with van der Waals surface area (Å²) in [4.78, 5) is 23.5. The van der Waals surface area contributed by atoms with Crippen LogP contribution < -0.4 is 10.1 Å². The van der Waals surface area contributed by atoms with Crippen molar-refractivity contribution in [1.29, 1.82) is 0 Å². The summed E-state index contributed by atoms with van der Waals surface area (Å²) in [5, 5.41) is 11.0. The normalized spacial score (nSPS) is 15.2. The van der Waals surface area contributed by atoms with Crippen molar-refractivity contribution in [2.45, 2.75) is 5.38 Å². The van der Waals surface area contributed by atoms with Crippen LogP contribution in [0.1, 0.15) is 10.9 Å². The second kappa shape index (κ2) is 6.11. The highest BCUT2D eigenvalue weighted by Crippen LogP contribution is 2.32. The predicted octanol–water partition coefficient (Wildman–Crippen LogP) is 1.31. The second-order valence-electron chi connectivity index (χ2n) is 4.65. The number of alkyl halides is 1. The van der Waals surface area contributed by atoms with Gasteiger partial charge in [0.1, 0.15) is 5.75 Å². The van der Waals surface area contributed by atoms with Gasteiger partial charge in [0.25, 0.3) is 5.91 Å². The highest BCUT2D eigenvalue weighted by Gasteiger charge is 2.19. The summed E-state index contributed by atoms with van der Waals surface area (Å²) < 4.78 is 5.26. The zero-order valence-corrected chi connectivity index (χ0v) is 11.7. The third-order valence-electron chi connectivity index (χ3n) is 2.88. The number of amides is 1. The van der Waals surface area contributed by atoms with Gasteiger partial charge >= 0.3 is 5.97 Å². The molecule has 0 saturated carbocycles. The summed E-state index contributed by atoms with van der Waals surface area (Å²) >= 11 is 6.28. The largest absolute Gasteiger partial charge is 0.482 e. The van der Waals surface area contributed by atoms with Crippen molar-refractivity contribution in [2.24, 2.45) is 0 Å². The third-order valence-corrected chi connectivity index (χ3v) is 3.27. The number of halogens is 1. The first-order chi connectivity index (χ1) is 9.45. The van der Waals surface area contributed by atoms with Crippen LogP contribution in [0.2, 0.25) is 0 Å². The zero-order chi connectivity index (χ0) is 14.7. The minimum Gasteiger partial charge on any atom is -0.482 e. The Bertz CT molecular complexity index is 535. The number of anilines is 1. The molecule has 7 heteroatoms. The molecule has 1 aliphatic heterocycles. The fraction of sp³-hybridized carbons (Fsp3) is 0.385. The van der Waals surface area contributed by atoms with Crippen LogP contribution in [0.25, 0.3) is 0 Å². The van der Waals surface area contributed by atoms with Gasteiger partial charge in [-0.05, 0) is 24.7 Å². The molecule has 0 saturated heterocycles. The molecular weight excluding hydrogens is 284 g/mol. The average molecular weight is 299 g/mol. The third kappa shape index (κ3) is 3.61. The maximum atomic E-state index is 11.3. The van der Waals surface area contributed by atoms with Gasteiger partial charge < -0.3 is 15.2 Å². The Balaban J connectivity index is 2.07. The van der Waals surface area contributed by atoms with Crippen LogP contribution in [0.5, 0.6) is 5.75 Å². The lowest BCUT2D eigenvalue weighted by Gasteiger charge is -2.21. The van der Waals surface area contributed by atoms with Gasteiger partial charge in [0.05, 0.1) is 17.6 Å². The van der Waals surface area contributed by atoms with E-state index in [9.17, 15) is 9.59 Å². The number of ether oxygens (including phenoxy) is 1. The molecule has 0 aliphatic carbocycles. The Morgan fingerprint density at radius 3 is 3.05 bits per heavy atom. The Hall–Kier alpha value is -1.79. The van der Waals surface area contributed by atoms with Crippen molar-refractivity contribution < 1.29 is 19.4 Å². The molecule has 0 fully saturated rings. The number of nitrogens with one attached hydrogen (secondary N) is 1. The van der Waals surface area contributed by atoms with E-state index < -0.39 is 5.97 Å². The number of fused-ring (bicyclic) bond motifs is 1. The highest BCUT2D eigenvalue weighted by atomic mass is 35.5. The first-order valence-electron chi connectivity index (χ1n) is 6.06. The summed E-state index contributed by atoms with van der Waals surface area (Å²) in [7, 11) is 1.69. The minimum atomic E-state index is -0.900. The Morgan fingerprint density at radius 2 is 2.35 bits per heavy atom. The Labute approximate surface area is 121 Å². The molecule has 0 spiro atoms. The molecule has 1 heterocycles. The van der Waals surface area contributed by atoms with Crippen LogP contribution in [0.15, 0.2) is 18.2 Å². The van der Waals surface area contributed by atoms with Crippen LogP contribution in [0.3, 0.4) is 0 Å². The zero-order valence-electron chi connectivity index (χ0n) is 10.9. The first-order valence-corrected chi connectivity index (χ1v) is 6.50. The Kier molecular flexibility index (Phi) is 4.46. The molecule has 1 amide bonds. The van der Waals surface area contributed by atoms with E-state index in [4.69, 9.17) is 21.4 Å². The number of likely N-dealkylation sites (N-methyl/N-ethyl adjacent to an activating group) is 1. The fourth-order valence-corrected chi connectivity index (χ4v) is 2.34. The molecule has 1 aromatic rings. The van der Waals surface area contributed by atoms with E-state index >= 15 is 0 Å². The van der Waals surface area contributed by atoms with Crippen LogP contribution in [-0.2, 0) is 9.59 Å². The number of carboxylic acids is 1. The molecule has 0 bridgehead atoms. The molecule has 1 unspecified atom stereocenters. The van der Waals surface area contributed by atoms with Crippen LogP contribution in [0, 0.1) is 0 Å². The molecule has 0 radical (unpaired) electrons. The predicted molar refractivity (Wildman–Crippen MR) is 74.3 cm³/mol. The van der Waals surface area contributed by atoms with Gasteiger partial charge in [0.2, 0.25) is 0 Å². The van der Waals surface area contributed by atoms with E-state index in [0.29, 0.717) is 18.0 Å². The number of carboxylic acid groups (broad SMARTS) is 1. The topological polar surface area (TPSA) is 78.9 Å². The smallest absolute Gasteiger partial charge is 0.317 e. The molecule has 1 atom stereocenters. The lowest BCUT2D eigenvalue weighted by atomic mass is 10.1. The summed E-state index contributed by atoms with van der Waals surface area (Å²) in [5.41, 5.74) is 1.39. The van der Waals surface area contributed by atoms with E-state index in [0.717, 1.165) is 5.56 Å². The van der Waals surface area contributed by atoms with Gasteiger partial charge in [-0.15, -0.1) is 11.6 Å². The molecule has 0 aromatic heterocycles. The van der Waals surface area contributed by atoms with Crippen LogP contribution in [-0.4, -0.2) is 48.6 Å². The standard InChI is InChI=1S/C13H15ClN2O4/c1-16(6-13(18)19)5-9(14)8-2-3-11-10(4-8)15-12(17)7-20-11/h2-4,9H,5-7H2,1H3,(H,15,17)(H,18,19). The Morgan fingerprint density at radius 1 is 1.60 bits per heavy atom. The maximum Gasteiger partial charge on any atom is 0.317 e. The van der Waals surface area contributed by atoms with Gasteiger partial charge in [-0.2, -0.15) is 0 Å². The van der Waals surface area contributed by atoms with Crippen molar-refractivity contribution >= 4 is 29.2 Å². The molecule has 1 aliphatic rings. The molecule has 6 nitrogen and oxygen atoms in total. The van der Waals surface area contributed by atoms with Crippen molar-refractivity contribution in [3.05, 3.63) is 23.8 Å². The van der Waals surface area contributed by atoms with Crippen molar-refractivity contribution in [3.63, 3.8) is 0 Å². The highest BCUT2D eigenvalue weighted by molar-refractivity contribution is 6.21. The van der Waals surface area contributed by atoms with Gasteiger partial charge in [-0.25, -0.2) is 0 Å². The van der Waals surface area contributed by atoms with Gasteiger partial charge in [-0.1, -0.05) is 6.07 Å². The van der Waals surface area contributed by atoms with E-state index in [-0.39, 0.29) is 24.4 Å². The molecule has 20 heavy (non-hydrogen) atoms. The van der Waals surface area contributed by atoms with Crippen LogP contribution >= 0.6 is 11.6 Å². The van der Waals surface area contributed by atoms with Gasteiger partial charge in [0.15, 0.2) is 6.61 Å². The number of hydrogen-bond donors (Lipinski definition) is 2. The SMILES string of the molecule is CN(CC(=O)O)CC(Cl)c1ccc2c(c1)NC(=O)CO2. The number of hydrogen-bond acceptors (Lipinski definition) is 4. The van der Waals surface area contributed by atoms with E-state index in [1.807, 2.05) is 6.07 Å². The summed E-state index contributed by atoms with van der Waals surface area (Å²) in [6.07, 6.45) is 0. The summed E-state index contributed by atoms with van der Waals surface area (Å²) in [6, 6.07) is 5.30. The monoisotopic (exact) mass is 298 g/mol. The van der Waals surface area contributed by atoms with Crippen molar-refractivity contribution in [3.8, 4) is 5.75 Å². The lowest BCUT2D eigenvalue weighted by Crippen LogP contribution is -2.29. The molecule has 2 N–H and O–H groups in total. The van der Waals surface area contributed by atoms with Crippen molar-refractivity contribution in [1.82, 2.24) is 4.90 Å². The molecular formula is C13H15ClN2O4. The lowest BCUT2D eigenvalue weighted by molar-refractivity contribution is -0.138. The van der Waals surface area contributed by atoms with Crippen molar-refractivity contribution in [2.75, 3.05) is 32.1 Å². The molecule has 1 aromatic carbocycles. The molecule has 108 valence electrons. The van der Waals surface area contributed by atoms with Gasteiger partial charge in [-0.3, -0.25) is 14.5 Å². The van der Waals surface area contributed by atoms with Crippen LogP contribution in [0.4, 0.5) is 5.69 Å². The molecule has 2 rings (SSSR count). The van der Waals surface area contributed by atoms with E-state index in [1.165, 1.54) is 0 Å². The number of carbonyl (C=O) groups is 2. The number of aliphatic carboxylic acids is 1.